The summed E-state index contributed by atoms with van der Waals surface area (Å²) >= 11 is 0. The molecule has 1 N–H and O–H groups in total. The maximum Gasteiger partial charge on any atom is 0.308 e. The average Bonchev–Trinajstić information content (AvgIpc) is 2.72. The molecule has 9 heteroatoms. The number of methoxy groups -OCH3 is 2. The number of hydrazone groups is 1. The van der Waals surface area contributed by atoms with E-state index in [0.717, 1.165) is 0 Å². The second-order valence-electron chi connectivity index (χ2n) is 5.54. The zero-order valence-electron chi connectivity index (χ0n) is 16.1. The Hall–Kier alpha value is -4.06. The van der Waals surface area contributed by atoms with Gasteiger partial charge in [0.2, 0.25) is 5.75 Å². The number of ether oxygens (including phenoxy) is 4. The fraction of sp³-hybridized carbons (Fsp3) is 0.200. The lowest BCUT2D eigenvalue weighted by molar-refractivity contribution is -0.132. The summed E-state index contributed by atoms with van der Waals surface area (Å²) in [4.78, 5) is 23.1. The van der Waals surface area contributed by atoms with Crippen LogP contribution in [0, 0.1) is 11.3 Å². The number of hydrogen-bond donors (Lipinski definition) is 1. The van der Waals surface area contributed by atoms with Gasteiger partial charge >= 0.3 is 5.97 Å². The van der Waals surface area contributed by atoms with E-state index in [1.165, 1.54) is 27.4 Å². The van der Waals surface area contributed by atoms with Crippen molar-refractivity contribution in [3.8, 4) is 29.1 Å². The Morgan fingerprint density at radius 1 is 1.14 bits per heavy atom. The number of benzene rings is 2. The van der Waals surface area contributed by atoms with Crippen LogP contribution in [0.3, 0.4) is 0 Å². The van der Waals surface area contributed by atoms with Gasteiger partial charge < -0.3 is 18.9 Å². The summed E-state index contributed by atoms with van der Waals surface area (Å²) in [5.74, 6) is -0.0387. The summed E-state index contributed by atoms with van der Waals surface area (Å²) in [5, 5.41) is 12.9. The van der Waals surface area contributed by atoms with E-state index in [4.69, 9.17) is 24.2 Å². The highest BCUT2D eigenvalue weighted by atomic mass is 16.6. The van der Waals surface area contributed by atoms with E-state index in [1.807, 2.05) is 6.07 Å². The Balaban J connectivity index is 2.03. The first kappa shape index (κ1) is 21.2. The van der Waals surface area contributed by atoms with E-state index < -0.39 is 11.9 Å². The standard InChI is InChI=1S/C20H19N3O6/c1-13(24)29-20-17(26-2)8-14(9-18(20)27-3)11-22-23-19(25)12-28-16-7-5-4-6-15(16)10-21/h4-9,11H,12H2,1-3H3,(H,23,25)/b22-11+. The number of rotatable bonds is 8. The minimum Gasteiger partial charge on any atom is -0.493 e. The largest absolute Gasteiger partial charge is 0.493 e. The lowest BCUT2D eigenvalue weighted by Gasteiger charge is -2.13. The number of hydrogen-bond acceptors (Lipinski definition) is 8. The molecule has 29 heavy (non-hydrogen) atoms. The molecule has 0 bridgehead atoms. The number of nitriles is 1. The minimum absolute atomic E-state index is 0.147. The Kier molecular flexibility index (Phi) is 7.56. The van der Waals surface area contributed by atoms with Crippen LogP contribution in [-0.2, 0) is 9.59 Å². The highest BCUT2D eigenvalue weighted by Crippen LogP contribution is 2.38. The van der Waals surface area contributed by atoms with Crippen molar-refractivity contribution in [1.29, 1.82) is 5.26 Å². The molecule has 0 spiro atoms. The molecular formula is C20H19N3O6. The molecule has 9 nitrogen and oxygen atoms in total. The highest BCUT2D eigenvalue weighted by Gasteiger charge is 2.15. The van der Waals surface area contributed by atoms with E-state index in [9.17, 15) is 9.59 Å². The predicted octanol–water partition coefficient (Wildman–Crippen LogP) is 2.03. The molecule has 0 heterocycles. The summed E-state index contributed by atoms with van der Waals surface area (Å²) in [5.41, 5.74) is 3.18. The van der Waals surface area contributed by atoms with Crippen LogP contribution in [0.15, 0.2) is 41.5 Å². The van der Waals surface area contributed by atoms with Crippen LogP contribution < -0.4 is 24.4 Å². The highest BCUT2D eigenvalue weighted by molar-refractivity contribution is 5.85. The van der Waals surface area contributed by atoms with Crippen molar-refractivity contribution in [3.05, 3.63) is 47.5 Å². The van der Waals surface area contributed by atoms with Crippen molar-refractivity contribution < 1.29 is 28.5 Å². The van der Waals surface area contributed by atoms with E-state index in [2.05, 4.69) is 10.5 Å². The molecular weight excluding hydrogens is 378 g/mol. The monoisotopic (exact) mass is 397 g/mol. The molecule has 0 aliphatic rings. The van der Waals surface area contributed by atoms with Gasteiger partial charge in [-0.05, 0) is 24.3 Å². The number of para-hydroxylation sites is 1. The van der Waals surface area contributed by atoms with Crippen molar-refractivity contribution in [1.82, 2.24) is 5.43 Å². The minimum atomic E-state index is -0.520. The molecule has 0 radical (unpaired) electrons. The molecule has 2 aromatic carbocycles. The normalized spacial score (nSPS) is 10.1. The summed E-state index contributed by atoms with van der Waals surface area (Å²) in [6.07, 6.45) is 1.36. The molecule has 2 rings (SSSR count). The van der Waals surface area contributed by atoms with Crippen LogP contribution in [0.5, 0.6) is 23.0 Å². The first-order valence-electron chi connectivity index (χ1n) is 8.36. The van der Waals surface area contributed by atoms with Crippen LogP contribution >= 0.6 is 0 Å². The molecule has 150 valence electrons. The zero-order chi connectivity index (χ0) is 21.2. The van der Waals surface area contributed by atoms with E-state index in [0.29, 0.717) is 16.9 Å². The molecule has 0 atom stereocenters. The third-order valence-electron chi connectivity index (χ3n) is 3.50. The fourth-order valence-electron chi connectivity index (χ4n) is 2.26. The summed E-state index contributed by atoms with van der Waals surface area (Å²) in [6, 6.07) is 11.7. The van der Waals surface area contributed by atoms with Gasteiger partial charge in [-0.25, -0.2) is 5.43 Å². The zero-order valence-corrected chi connectivity index (χ0v) is 16.1. The number of esters is 1. The van der Waals surface area contributed by atoms with Gasteiger partial charge in [0.15, 0.2) is 18.1 Å². The summed E-state index contributed by atoms with van der Waals surface area (Å²) in [7, 11) is 2.84. The predicted molar refractivity (Wildman–Crippen MR) is 103 cm³/mol. The van der Waals surface area contributed by atoms with Crippen molar-refractivity contribution in [2.75, 3.05) is 20.8 Å². The van der Waals surface area contributed by atoms with E-state index in [-0.39, 0.29) is 23.9 Å². The summed E-state index contributed by atoms with van der Waals surface area (Å²) < 4.78 is 20.9. The van der Waals surface area contributed by atoms with Gasteiger partial charge in [-0.1, -0.05) is 12.1 Å². The number of carbonyl (C=O) groups is 2. The quantitative estimate of drug-likeness (QED) is 0.313. The SMILES string of the molecule is COc1cc(/C=N/NC(=O)COc2ccccc2C#N)cc(OC)c1OC(C)=O. The number of carbonyl (C=O) groups excluding carboxylic acids is 2. The van der Waals surface area contributed by atoms with Crippen LogP contribution in [0.1, 0.15) is 18.1 Å². The molecule has 1 amide bonds. The Morgan fingerprint density at radius 3 is 2.38 bits per heavy atom. The average molecular weight is 397 g/mol. The Morgan fingerprint density at radius 2 is 1.79 bits per heavy atom. The Labute approximate surface area is 167 Å². The van der Waals surface area contributed by atoms with Gasteiger partial charge in [-0.2, -0.15) is 10.4 Å². The number of nitrogens with zero attached hydrogens (tertiary/aromatic N) is 2. The van der Waals surface area contributed by atoms with Crippen molar-refractivity contribution in [2.24, 2.45) is 5.10 Å². The lowest BCUT2D eigenvalue weighted by atomic mass is 10.2. The van der Waals surface area contributed by atoms with Crippen LogP contribution in [-0.4, -0.2) is 38.9 Å². The lowest BCUT2D eigenvalue weighted by Crippen LogP contribution is -2.24. The van der Waals surface area contributed by atoms with Gasteiger partial charge in [0.05, 0.1) is 26.0 Å². The van der Waals surface area contributed by atoms with Gasteiger partial charge in [0, 0.05) is 12.5 Å². The summed E-state index contributed by atoms with van der Waals surface area (Å²) in [6.45, 7) is 0.953. The maximum atomic E-state index is 11.9. The second kappa shape index (κ2) is 10.3. The molecule has 0 aliphatic heterocycles. The molecule has 0 aliphatic carbocycles. The number of nitrogens with one attached hydrogen (secondary N) is 1. The molecule has 0 saturated carbocycles. The number of amides is 1. The molecule has 0 fully saturated rings. The fourth-order valence-corrected chi connectivity index (χ4v) is 2.26. The van der Waals surface area contributed by atoms with Gasteiger partial charge in [-0.15, -0.1) is 0 Å². The molecule has 0 unspecified atom stereocenters. The van der Waals surface area contributed by atoms with E-state index in [1.54, 1.807) is 36.4 Å². The molecule has 0 saturated heterocycles. The third-order valence-corrected chi connectivity index (χ3v) is 3.50. The topological polar surface area (TPSA) is 119 Å². The first-order chi connectivity index (χ1) is 14.0. The van der Waals surface area contributed by atoms with Crippen LogP contribution in [0.2, 0.25) is 0 Å². The van der Waals surface area contributed by atoms with E-state index >= 15 is 0 Å². The van der Waals surface area contributed by atoms with Crippen molar-refractivity contribution in [3.63, 3.8) is 0 Å². The van der Waals surface area contributed by atoms with Gasteiger partial charge in [0.1, 0.15) is 11.8 Å². The third kappa shape index (κ3) is 5.97. The van der Waals surface area contributed by atoms with Crippen molar-refractivity contribution >= 4 is 18.1 Å². The smallest absolute Gasteiger partial charge is 0.308 e. The van der Waals surface area contributed by atoms with Crippen molar-refractivity contribution in [2.45, 2.75) is 6.92 Å². The maximum absolute atomic E-state index is 11.9. The molecule has 2 aromatic rings. The van der Waals surface area contributed by atoms with Crippen LogP contribution in [0.4, 0.5) is 0 Å². The first-order valence-corrected chi connectivity index (χ1v) is 8.36. The molecule has 0 aromatic heterocycles. The second-order valence-corrected chi connectivity index (χ2v) is 5.54. The van der Waals surface area contributed by atoms with Gasteiger partial charge in [-0.3, -0.25) is 9.59 Å². The Bertz CT molecular complexity index is 940. The van der Waals surface area contributed by atoms with Crippen LogP contribution in [0.25, 0.3) is 0 Å². The van der Waals surface area contributed by atoms with Gasteiger partial charge in [0.25, 0.3) is 5.91 Å².